The van der Waals surface area contributed by atoms with E-state index in [0.717, 1.165) is 37.0 Å². The van der Waals surface area contributed by atoms with Crippen LogP contribution in [0.5, 0.6) is 0 Å². The van der Waals surface area contributed by atoms with Gasteiger partial charge >= 0.3 is 0 Å². The fourth-order valence-corrected chi connectivity index (χ4v) is 5.84. The number of hydrogen-bond donors (Lipinski definition) is 1. The second kappa shape index (κ2) is 8.34. The molecular formula is C22H36N4O. The molecule has 5 heteroatoms. The molecule has 27 heavy (non-hydrogen) atoms. The molecule has 1 aromatic rings. The molecule has 150 valence electrons. The molecule has 3 saturated heterocycles. The second-order valence-corrected chi connectivity index (χ2v) is 9.50. The predicted octanol–water partition coefficient (Wildman–Crippen LogP) is 3.48. The summed E-state index contributed by atoms with van der Waals surface area (Å²) in [4.78, 5) is 18.0. The van der Waals surface area contributed by atoms with Gasteiger partial charge in [-0.05, 0) is 68.4 Å². The minimum atomic E-state index is 0.345. The summed E-state index contributed by atoms with van der Waals surface area (Å²) in [7, 11) is 0. The number of aromatic nitrogens is 2. The van der Waals surface area contributed by atoms with Crippen LogP contribution >= 0.6 is 0 Å². The lowest BCUT2D eigenvalue weighted by Crippen LogP contribution is -2.64. The number of carbonyl (C=O) groups is 1. The van der Waals surface area contributed by atoms with Crippen LogP contribution in [0.25, 0.3) is 0 Å². The highest BCUT2D eigenvalue weighted by atomic mass is 16.2. The molecule has 3 fully saturated rings. The zero-order valence-corrected chi connectivity index (χ0v) is 17.1. The summed E-state index contributed by atoms with van der Waals surface area (Å²) < 4.78 is 0. The van der Waals surface area contributed by atoms with Gasteiger partial charge in [-0.2, -0.15) is 5.10 Å². The monoisotopic (exact) mass is 372 g/mol. The van der Waals surface area contributed by atoms with Crippen molar-refractivity contribution in [1.29, 1.82) is 0 Å². The molecule has 2 bridgehead atoms. The largest absolute Gasteiger partial charge is 0.342 e. The van der Waals surface area contributed by atoms with Gasteiger partial charge in [0.2, 0.25) is 5.91 Å². The number of likely N-dealkylation sites (tertiary alicyclic amines) is 1. The Bertz CT molecular complexity index is 614. The SMILES string of the molecule is CC(C)CC[C@H]1[C@H]2C[C@H](CN(C(=O)CCc3cn[nH]c3)C2)[C@@H]2CCCCN21. The minimum absolute atomic E-state index is 0.345. The van der Waals surface area contributed by atoms with Crippen LogP contribution in [0.15, 0.2) is 12.4 Å². The number of nitrogens with zero attached hydrogens (tertiary/aromatic N) is 3. The predicted molar refractivity (Wildman–Crippen MR) is 107 cm³/mol. The molecule has 3 aliphatic rings. The average Bonchev–Trinajstić information content (AvgIpc) is 3.19. The van der Waals surface area contributed by atoms with Crippen molar-refractivity contribution in [3.8, 4) is 0 Å². The summed E-state index contributed by atoms with van der Waals surface area (Å²) in [5.74, 6) is 2.48. The van der Waals surface area contributed by atoms with E-state index in [1.165, 1.54) is 45.1 Å². The van der Waals surface area contributed by atoms with Crippen LogP contribution < -0.4 is 0 Å². The highest BCUT2D eigenvalue weighted by Gasteiger charge is 2.47. The van der Waals surface area contributed by atoms with Crippen molar-refractivity contribution in [2.45, 2.75) is 77.3 Å². The maximum absolute atomic E-state index is 12.9. The first-order chi connectivity index (χ1) is 13.1. The summed E-state index contributed by atoms with van der Waals surface area (Å²) in [6, 6.07) is 1.41. The Morgan fingerprint density at radius 1 is 1.30 bits per heavy atom. The Labute approximate surface area is 163 Å². The number of piperidine rings is 3. The number of aryl methyl sites for hydroxylation is 1. The van der Waals surface area contributed by atoms with Gasteiger partial charge < -0.3 is 4.90 Å². The third-order valence-electron chi connectivity index (χ3n) is 7.20. The molecule has 1 amide bonds. The Morgan fingerprint density at radius 2 is 2.15 bits per heavy atom. The third kappa shape index (κ3) is 4.23. The molecule has 0 unspecified atom stereocenters. The summed E-state index contributed by atoms with van der Waals surface area (Å²) in [6.07, 6.45) is 13.2. The number of carbonyl (C=O) groups excluding carboxylic acids is 1. The summed E-state index contributed by atoms with van der Waals surface area (Å²) in [5.41, 5.74) is 1.13. The number of fused-ring (bicyclic) bond motifs is 4. The molecule has 4 rings (SSSR count). The minimum Gasteiger partial charge on any atom is -0.342 e. The van der Waals surface area contributed by atoms with Gasteiger partial charge in [0, 0.05) is 37.8 Å². The normalized spacial score (nSPS) is 31.1. The van der Waals surface area contributed by atoms with E-state index < -0.39 is 0 Å². The number of hydrogen-bond acceptors (Lipinski definition) is 3. The van der Waals surface area contributed by atoms with Crippen LogP contribution in [0.3, 0.4) is 0 Å². The van der Waals surface area contributed by atoms with Gasteiger partial charge in [-0.1, -0.05) is 20.3 Å². The Kier molecular flexibility index (Phi) is 5.86. The number of aromatic amines is 1. The molecule has 1 aromatic heterocycles. The lowest BCUT2D eigenvalue weighted by atomic mass is 9.71. The lowest BCUT2D eigenvalue weighted by Gasteiger charge is -2.57. The van der Waals surface area contributed by atoms with Crippen LogP contribution in [0.2, 0.25) is 0 Å². The van der Waals surface area contributed by atoms with Crippen molar-refractivity contribution in [2.24, 2.45) is 17.8 Å². The number of nitrogens with one attached hydrogen (secondary N) is 1. The number of amides is 1. The molecule has 4 atom stereocenters. The van der Waals surface area contributed by atoms with E-state index in [-0.39, 0.29) is 0 Å². The first-order valence-corrected chi connectivity index (χ1v) is 11.1. The first kappa shape index (κ1) is 19.0. The maximum Gasteiger partial charge on any atom is 0.222 e. The van der Waals surface area contributed by atoms with E-state index in [1.54, 1.807) is 0 Å². The fraction of sp³-hybridized carbons (Fsp3) is 0.818. The summed E-state index contributed by atoms with van der Waals surface area (Å²) in [5, 5.41) is 6.84. The van der Waals surface area contributed by atoms with E-state index >= 15 is 0 Å². The van der Waals surface area contributed by atoms with E-state index in [1.807, 2.05) is 12.4 Å². The topological polar surface area (TPSA) is 52.2 Å². The van der Waals surface area contributed by atoms with Gasteiger partial charge in [0.1, 0.15) is 0 Å². The van der Waals surface area contributed by atoms with Gasteiger partial charge in [0.05, 0.1) is 6.20 Å². The molecular weight excluding hydrogens is 336 g/mol. The Hall–Kier alpha value is -1.36. The lowest BCUT2D eigenvalue weighted by molar-refractivity contribution is -0.141. The fourth-order valence-electron chi connectivity index (χ4n) is 5.84. The Morgan fingerprint density at radius 3 is 2.93 bits per heavy atom. The van der Waals surface area contributed by atoms with Crippen LogP contribution in [-0.2, 0) is 11.2 Å². The zero-order valence-electron chi connectivity index (χ0n) is 17.1. The van der Waals surface area contributed by atoms with Crippen LogP contribution in [-0.4, -0.2) is 57.6 Å². The van der Waals surface area contributed by atoms with Crippen molar-refractivity contribution in [2.75, 3.05) is 19.6 Å². The summed E-state index contributed by atoms with van der Waals surface area (Å²) in [6.45, 7) is 7.93. The molecule has 4 heterocycles. The molecule has 0 saturated carbocycles. The number of H-pyrrole nitrogens is 1. The van der Waals surface area contributed by atoms with Gasteiger partial charge in [0.25, 0.3) is 0 Å². The Balaban J connectivity index is 1.43. The standard InChI is InChI=1S/C22H36N4O/c1-16(2)6-8-21-19-11-18(20-5-3-4-10-26(20)21)14-25(15-19)22(27)9-7-17-12-23-24-13-17/h12-13,16,18-21H,3-11,14-15H2,1-2H3,(H,23,24)/t18-,19+,20+,21+/m1/s1. The molecule has 0 radical (unpaired) electrons. The molecule has 1 N–H and O–H groups in total. The smallest absolute Gasteiger partial charge is 0.222 e. The van der Waals surface area contributed by atoms with Gasteiger partial charge in [-0.15, -0.1) is 0 Å². The quantitative estimate of drug-likeness (QED) is 0.832. The van der Waals surface area contributed by atoms with Crippen LogP contribution in [0, 0.1) is 17.8 Å². The van der Waals surface area contributed by atoms with E-state index in [0.29, 0.717) is 30.2 Å². The van der Waals surface area contributed by atoms with Crippen molar-refractivity contribution < 1.29 is 4.79 Å². The van der Waals surface area contributed by atoms with Crippen molar-refractivity contribution in [3.05, 3.63) is 18.0 Å². The van der Waals surface area contributed by atoms with E-state index in [4.69, 9.17) is 0 Å². The second-order valence-electron chi connectivity index (χ2n) is 9.50. The van der Waals surface area contributed by atoms with Gasteiger partial charge in [-0.3, -0.25) is 14.8 Å². The van der Waals surface area contributed by atoms with Gasteiger partial charge in [-0.25, -0.2) is 0 Å². The molecule has 0 aliphatic carbocycles. The van der Waals surface area contributed by atoms with E-state index in [9.17, 15) is 4.79 Å². The van der Waals surface area contributed by atoms with Crippen LogP contribution in [0.1, 0.15) is 64.4 Å². The van der Waals surface area contributed by atoms with Gasteiger partial charge in [0.15, 0.2) is 0 Å². The van der Waals surface area contributed by atoms with E-state index in [2.05, 4.69) is 33.8 Å². The highest BCUT2D eigenvalue weighted by molar-refractivity contribution is 5.76. The molecule has 0 spiro atoms. The number of rotatable bonds is 6. The first-order valence-electron chi connectivity index (χ1n) is 11.1. The average molecular weight is 373 g/mol. The zero-order chi connectivity index (χ0) is 18.8. The highest BCUT2D eigenvalue weighted by Crippen LogP contribution is 2.42. The molecule has 5 nitrogen and oxygen atoms in total. The summed E-state index contributed by atoms with van der Waals surface area (Å²) >= 11 is 0. The van der Waals surface area contributed by atoms with Crippen molar-refractivity contribution >= 4 is 5.91 Å². The van der Waals surface area contributed by atoms with Crippen molar-refractivity contribution in [1.82, 2.24) is 20.0 Å². The maximum atomic E-state index is 12.9. The third-order valence-corrected chi connectivity index (χ3v) is 7.20. The van der Waals surface area contributed by atoms with Crippen molar-refractivity contribution in [3.63, 3.8) is 0 Å². The van der Waals surface area contributed by atoms with Crippen LogP contribution in [0.4, 0.5) is 0 Å². The molecule has 0 aromatic carbocycles. The molecule has 3 aliphatic heterocycles.